The minimum absolute atomic E-state index is 0.122. The molecule has 0 saturated carbocycles. The van der Waals surface area contributed by atoms with Crippen LogP contribution in [0.1, 0.15) is 26.3 Å². The number of benzene rings is 1. The molecule has 1 aliphatic heterocycles. The van der Waals surface area contributed by atoms with Crippen LogP contribution in [0.4, 0.5) is 4.79 Å². The third kappa shape index (κ3) is 4.24. The Kier molecular flexibility index (Phi) is 6.61. The summed E-state index contributed by atoms with van der Waals surface area (Å²) in [5, 5.41) is 5.27. The number of carbonyl (C=O) groups is 4. The summed E-state index contributed by atoms with van der Waals surface area (Å²) < 4.78 is 5.11. The third-order valence-corrected chi connectivity index (χ3v) is 4.68. The van der Waals surface area contributed by atoms with Crippen molar-refractivity contribution in [1.29, 1.82) is 0 Å². The van der Waals surface area contributed by atoms with E-state index in [9.17, 15) is 19.2 Å². The van der Waals surface area contributed by atoms with Crippen LogP contribution in [0.2, 0.25) is 0 Å². The van der Waals surface area contributed by atoms with Gasteiger partial charge in [0.15, 0.2) is 0 Å². The number of nitrogens with one attached hydrogen (secondary N) is 2. The molecule has 1 fully saturated rings. The van der Waals surface area contributed by atoms with Crippen molar-refractivity contribution in [2.75, 3.05) is 33.3 Å². The smallest absolute Gasteiger partial charge is 0.325 e. The van der Waals surface area contributed by atoms with Crippen molar-refractivity contribution in [3.63, 3.8) is 0 Å². The van der Waals surface area contributed by atoms with Crippen LogP contribution in [0.3, 0.4) is 0 Å². The van der Waals surface area contributed by atoms with Crippen LogP contribution in [0, 0.1) is 0 Å². The number of nitrogens with zero attached hydrogens (tertiary/aromatic N) is 2. The quantitative estimate of drug-likeness (QED) is 0.627. The molecule has 0 radical (unpaired) electrons. The first-order chi connectivity index (χ1) is 13.3. The maximum absolute atomic E-state index is 12.9. The number of ether oxygens (including phenoxy) is 1. The van der Waals surface area contributed by atoms with E-state index in [1.165, 1.54) is 12.0 Å². The highest BCUT2D eigenvalue weighted by Gasteiger charge is 2.49. The Labute approximate surface area is 164 Å². The minimum Gasteiger partial charge on any atom is -0.497 e. The van der Waals surface area contributed by atoms with Crippen molar-refractivity contribution >= 4 is 23.8 Å². The number of carbonyl (C=O) groups excluding carboxylic acids is 4. The van der Waals surface area contributed by atoms with Gasteiger partial charge in [0.1, 0.15) is 17.8 Å². The topological polar surface area (TPSA) is 108 Å². The molecule has 28 heavy (non-hydrogen) atoms. The van der Waals surface area contributed by atoms with Gasteiger partial charge in [-0.25, -0.2) is 4.79 Å². The van der Waals surface area contributed by atoms with Gasteiger partial charge in [-0.1, -0.05) is 12.1 Å². The summed E-state index contributed by atoms with van der Waals surface area (Å²) in [6.07, 6.45) is 0. The van der Waals surface area contributed by atoms with Gasteiger partial charge in [0, 0.05) is 13.1 Å². The number of likely N-dealkylation sites (N-methyl/N-ethyl adjacent to an activating group) is 2. The molecular formula is C19H26N4O5. The molecule has 5 amide bonds. The monoisotopic (exact) mass is 390 g/mol. The van der Waals surface area contributed by atoms with E-state index < -0.39 is 29.9 Å². The molecule has 9 nitrogen and oxygen atoms in total. The van der Waals surface area contributed by atoms with Gasteiger partial charge in [-0.2, -0.15) is 0 Å². The standard InChI is InChI=1S/C19H26N4O5/c1-5-20-15(24)11-22(6-2)16(25)12-23-17(26)19(3,21-18(23)27)13-7-9-14(28-4)10-8-13/h7-10H,5-6,11-12H2,1-4H3,(H,20,24)(H,21,27)/t19-/m0/s1. The second kappa shape index (κ2) is 8.73. The van der Waals surface area contributed by atoms with E-state index in [-0.39, 0.29) is 19.0 Å². The highest BCUT2D eigenvalue weighted by atomic mass is 16.5. The summed E-state index contributed by atoms with van der Waals surface area (Å²) in [5.74, 6) is -0.667. The lowest BCUT2D eigenvalue weighted by atomic mass is 9.92. The molecule has 0 aromatic heterocycles. The molecule has 0 aliphatic carbocycles. The van der Waals surface area contributed by atoms with Gasteiger partial charge < -0.3 is 20.3 Å². The SMILES string of the molecule is CCNC(=O)CN(CC)C(=O)CN1C(=O)N[C@@](C)(c2ccc(OC)cc2)C1=O. The van der Waals surface area contributed by atoms with Crippen molar-refractivity contribution < 1.29 is 23.9 Å². The Morgan fingerprint density at radius 2 is 1.86 bits per heavy atom. The highest BCUT2D eigenvalue weighted by molar-refractivity contribution is 6.09. The van der Waals surface area contributed by atoms with Crippen LogP contribution in [-0.4, -0.2) is 66.8 Å². The predicted octanol–water partition coefficient (Wildman–Crippen LogP) is 0.447. The van der Waals surface area contributed by atoms with Gasteiger partial charge in [-0.05, 0) is 38.5 Å². The minimum atomic E-state index is -1.28. The van der Waals surface area contributed by atoms with Crippen molar-refractivity contribution in [2.45, 2.75) is 26.3 Å². The van der Waals surface area contributed by atoms with Gasteiger partial charge >= 0.3 is 6.03 Å². The summed E-state index contributed by atoms with van der Waals surface area (Å²) >= 11 is 0. The Morgan fingerprint density at radius 3 is 2.39 bits per heavy atom. The van der Waals surface area contributed by atoms with Crippen LogP contribution >= 0.6 is 0 Å². The molecule has 2 rings (SSSR count). The van der Waals surface area contributed by atoms with E-state index in [0.29, 0.717) is 17.9 Å². The number of imide groups is 1. The van der Waals surface area contributed by atoms with Crippen molar-refractivity contribution in [3.8, 4) is 5.75 Å². The molecule has 2 N–H and O–H groups in total. The number of methoxy groups -OCH3 is 1. The number of hydrogen-bond acceptors (Lipinski definition) is 5. The average molecular weight is 390 g/mol. The summed E-state index contributed by atoms with van der Waals surface area (Å²) in [6, 6.07) is 6.12. The number of rotatable bonds is 8. The van der Waals surface area contributed by atoms with E-state index in [2.05, 4.69) is 10.6 Å². The number of amides is 5. The van der Waals surface area contributed by atoms with E-state index in [1.54, 1.807) is 45.0 Å². The first-order valence-corrected chi connectivity index (χ1v) is 9.09. The summed E-state index contributed by atoms with van der Waals surface area (Å²) in [4.78, 5) is 51.8. The largest absolute Gasteiger partial charge is 0.497 e. The molecule has 152 valence electrons. The fraction of sp³-hybridized carbons (Fsp3) is 0.474. The molecule has 1 atom stereocenters. The molecule has 1 aromatic carbocycles. The lowest BCUT2D eigenvalue weighted by Crippen LogP contribution is -2.47. The summed E-state index contributed by atoms with van der Waals surface area (Å²) in [6.45, 7) is 5.29. The molecule has 0 bridgehead atoms. The van der Waals surface area contributed by atoms with E-state index in [1.807, 2.05) is 0 Å². The maximum Gasteiger partial charge on any atom is 0.325 e. The van der Waals surface area contributed by atoms with Crippen LogP contribution in [-0.2, 0) is 19.9 Å². The van der Waals surface area contributed by atoms with E-state index in [0.717, 1.165) is 4.90 Å². The Balaban J connectivity index is 2.13. The van der Waals surface area contributed by atoms with Gasteiger partial charge in [0.2, 0.25) is 11.8 Å². The fourth-order valence-electron chi connectivity index (χ4n) is 3.00. The van der Waals surface area contributed by atoms with Crippen LogP contribution in [0.25, 0.3) is 0 Å². The number of urea groups is 1. The summed E-state index contributed by atoms with van der Waals surface area (Å²) in [5.41, 5.74) is -0.698. The van der Waals surface area contributed by atoms with Crippen LogP contribution in [0.15, 0.2) is 24.3 Å². The van der Waals surface area contributed by atoms with Gasteiger partial charge in [-0.3, -0.25) is 19.3 Å². The van der Waals surface area contributed by atoms with Gasteiger partial charge in [0.25, 0.3) is 5.91 Å². The normalized spacial score (nSPS) is 18.6. The van der Waals surface area contributed by atoms with Crippen molar-refractivity contribution in [1.82, 2.24) is 20.4 Å². The van der Waals surface area contributed by atoms with Crippen molar-refractivity contribution in [3.05, 3.63) is 29.8 Å². The Hall–Kier alpha value is -3.10. The maximum atomic E-state index is 12.9. The zero-order valence-corrected chi connectivity index (χ0v) is 16.6. The first-order valence-electron chi connectivity index (χ1n) is 9.09. The van der Waals surface area contributed by atoms with Gasteiger partial charge in [0.05, 0.1) is 13.7 Å². The third-order valence-electron chi connectivity index (χ3n) is 4.68. The highest BCUT2D eigenvalue weighted by Crippen LogP contribution is 2.30. The zero-order valence-electron chi connectivity index (χ0n) is 16.6. The summed E-state index contributed by atoms with van der Waals surface area (Å²) in [7, 11) is 1.53. The molecular weight excluding hydrogens is 364 g/mol. The lowest BCUT2D eigenvalue weighted by Gasteiger charge is -2.24. The Morgan fingerprint density at radius 1 is 1.21 bits per heavy atom. The predicted molar refractivity (Wildman–Crippen MR) is 102 cm³/mol. The molecule has 9 heteroatoms. The second-order valence-electron chi connectivity index (χ2n) is 6.54. The molecule has 1 aliphatic rings. The molecule has 1 saturated heterocycles. The average Bonchev–Trinajstić information content (AvgIpc) is 2.90. The molecule has 0 unspecified atom stereocenters. The van der Waals surface area contributed by atoms with Gasteiger partial charge in [-0.15, -0.1) is 0 Å². The first kappa shape index (κ1) is 21.2. The fourth-order valence-corrected chi connectivity index (χ4v) is 3.00. The zero-order chi connectivity index (χ0) is 20.9. The van der Waals surface area contributed by atoms with E-state index in [4.69, 9.17) is 4.74 Å². The second-order valence-corrected chi connectivity index (χ2v) is 6.54. The van der Waals surface area contributed by atoms with E-state index >= 15 is 0 Å². The van der Waals surface area contributed by atoms with Crippen LogP contribution < -0.4 is 15.4 Å². The number of hydrogen-bond donors (Lipinski definition) is 2. The molecule has 0 spiro atoms. The Bertz CT molecular complexity index is 764. The van der Waals surface area contributed by atoms with Crippen molar-refractivity contribution in [2.24, 2.45) is 0 Å². The molecule has 1 heterocycles. The van der Waals surface area contributed by atoms with Crippen LogP contribution in [0.5, 0.6) is 5.75 Å². The lowest BCUT2D eigenvalue weighted by molar-refractivity contribution is -0.140. The molecule has 1 aromatic rings.